The van der Waals surface area contributed by atoms with Crippen molar-refractivity contribution in [1.29, 1.82) is 0 Å². The maximum atomic E-state index is 10.4. The van der Waals surface area contributed by atoms with Crippen molar-refractivity contribution < 1.29 is 4.92 Å². The Morgan fingerprint density at radius 2 is 2.17 bits per heavy atom. The Balaban J connectivity index is 3.33. The van der Waals surface area contributed by atoms with Gasteiger partial charge in [-0.3, -0.25) is 10.1 Å². The van der Waals surface area contributed by atoms with E-state index in [9.17, 15) is 10.1 Å². The average Bonchev–Trinajstić information content (AvgIpc) is 1.96. The van der Waals surface area contributed by atoms with Crippen LogP contribution in [0.25, 0.3) is 0 Å². The number of thiol groups is 1. The van der Waals surface area contributed by atoms with Crippen LogP contribution in [0.2, 0.25) is 0 Å². The molecule has 0 aliphatic heterocycles. The minimum absolute atomic E-state index is 0.0408. The summed E-state index contributed by atoms with van der Waals surface area (Å²) < 4.78 is 0.832. The zero-order chi connectivity index (χ0) is 9.30. The summed E-state index contributed by atoms with van der Waals surface area (Å²) in [6.07, 6.45) is 0. The van der Waals surface area contributed by atoms with E-state index in [1.165, 1.54) is 6.07 Å². The van der Waals surface area contributed by atoms with Gasteiger partial charge >= 0.3 is 0 Å². The molecule has 0 aromatic heterocycles. The molecule has 0 radical (unpaired) electrons. The molecule has 3 nitrogen and oxygen atoms in total. The predicted molar refractivity (Wildman–Crippen MR) is 52.8 cm³/mol. The van der Waals surface area contributed by atoms with Crippen LogP contribution in [0.15, 0.2) is 21.5 Å². The van der Waals surface area contributed by atoms with Crippen LogP contribution < -0.4 is 0 Å². The zero-order valence-corrected chi connectivity index (χ0v) is 8.72. The Hall–Kier alpha value is -0.550. The van der Waals surface area contributed by atoms with Crippen LogP contribution in [0.3, 0.4) is 0 Å². The number of benzene rings is 1. The summed E-state index contributed by atoms with van der Waals surface area (Å²) >= 11 is 7.24. The van der Waals surface area contributed by atoms with E-state index in [2.05, 4.69) is 28.6 Å². The number of aryl methyl sites for hydroxylation is 1. The van der Waals surface area contributed by atoms with Crippen molar-refractivity contribution in [2.24, 2.45) is 0 Å². The number of nitro groups is 1. The molecule has 0 aliphatic carbocycles. The molecule has 0 unspecified atom stereocenters. The smallest absolute Gasteiger partial charge is 0.258 e. The van der Waals surface area contributed by atoms with Crippen LogP contribution in [-0.4, -0.2) is 4.92 Å². The first-order valence-corrected chi connectivity index (χ1v) is 4.40. The van der Waals surface area contributed by atoms with E-state index in [1.807, 2.05) is 0 Å². The average molecular weight is 248 g/mol. The van der Waals surface area contributed by atoms with Gasteiger partial charge in [0.1, 0.15) is 0 Å². The fourth-order valence-corrected chi connectivity index (χ4v) is 1.60. The van der Waals surface area contributed by atoms with E-state index in [0.29, 0.717) is 4.90 Å². The summed E-state index contributed by atoms with van der Waals surface area (Å²) in [5.41, 5.74) is 0.874. The second kappa shape index (κ2) is 3.45. The Morgan fingerprint density at radius 1 is 1.58 bits per heavy atom. The van der Waals surface area contributed by atoms with E-state index in [-0.39, 0.29) is 5.69 Å². The number of halogens is 1. The lowest BCUT2D eigenvalue weighted by atomic mass is 10.2. The summed E-state index contributed by atoms with van der Waals surface area (Å²) in [6.45, 7) is 1.80. The summed E-state index contributed by atoms with van der Waals surface area (Å²) in [5.74, 6) is 0. The van der Waals surface area contributed by atoms with Crippen LogP contribution >= 0.6 is 28.6 Å². The molecular weight excluding hydrogens is 242 g/mol. The highest BCUT2D eigenvalue weighted by molar-refractivity contribution is 9.10. The number of nitrogens with zero attached hydrogens (tertiary/aromatic N) is 1. The van der Waals surface area contributed by atoms with Gasteiger partial charge in [-0.05, 0) is 18.6 Å². The second-order valence-corrected chi connectivity index (χ2v) is 3.68. The van der Waals surface area contributed by atoms with Crippen LogP contribution in [0.5, 0.6) is 0 Å². The molecule has 0 aliphatic rings. The quantitative estimate of drug-likeness (QED) is 0.471. The topological polar surface area (TPSA) is 43.1 Å². The predicted octanol–water partition coefficient (Wildman–Crippen LogP) is 2.95. The summed E-state index contributed by atoms with van der Waals surface area (Å²) in [5, 5.41) is 10.4. The number of nitro benzene ring substituents is 1. The molecule has 1 aromatic carbocycles. The Labute approximate surface area is 83.5 Å². The van der Waals surface area contributed by atoms with E-state index in [1.54, 1.807) is 13.0 Å². The first-order chi connectivity index (χ1) is 5.52. The second-order valence-electron chi connectivity index (χ2n) is 2.35. The van der Waals surface area contributed by atoms with E-state index in [4.69, 9.17) is 0 Å². The highest BCUT2D eigenvalue weighted by atomic mass is 79.9. The molecule has 12 heavy (non-hydrogen) atoms. The summed E-state index contributed by atoms with van der Waals surface area (Å²) in [6, 6.07) is 3.11. The van der Waals surface area contributed by atoms with Crippen molar-refractivity contribution in [2.75, 3.05) is 0 Å². The molecular formula is C7H6BrNO2S. The van der Waals surface area contributed by atoms with E-state index in [0.717, 1.165) is 10.0 Å². The molecule has 0 saturated heterocycles. The zero-order valence-electron chi connectivity index (χ0n) is 6.24. The molecule has 0 atom stereocenters. The Bertz CT molecular complexity index is 340. The fourth-order valence-electron chi connectivity index (χ4n) is 0.802. The van der Waals surface area contributed by atoms with Crippen molar-refractivity contribution >= 4 is 34.2 Å². The molecule has 1 rings (SSSR count). The van der Waals surface area contributed by atoms with E-state index < -0.39 is 4.92 Å². The monoisotopic (exact) mass is 247 g/mol. The summed E-state index contributed by atoms with van der Waals surface area (Å²) in [4.78, 5) is 10.4. The molecule has 0 saturated carbocycles. The SMILES string of the molecule is Cc1cc([N+](=O)[O-])c(S)cc1Br. The van der Waals surface area contributed by atoms with Crippen molar-refractivity contribution in [1.82, 2.24) is 0 Å². The minimum Gasteiger partial charge on any atom is -0.258 e. The first kappa shape index (κ1) is 9.54. The summed E-state index contributed by atoms with van der Waals surface area (Å²) in [7, 11) is 0. The van der Waals surface area contributed by atoms with Crippen molar-refractivity contribution in [3.8, 4) is 0 Å². The van der Waals surface area contributed by atoms with Gasteiger partial charge in [-0.25, -0.2) is 0 Å². The fraction of sp³-hybridized carbons (Fsp3) is 0.143. The lowest BCUT2D eigenvalue weighted by Crippen LogP contribution is -1.90. The normalized spacial score (nSPS) is 9.92. The van der Waals surface area contributed by atoms with Crippen LogP contribution in [-0.2, 0) is 0 Å². The van der Waals surface area contributed by atoms with Crippen molar-refractivity contribution in [3.63, 3.8) is 0 Å². The number of hydrogen-bond acceptors (Lipinski definition) is 3. The molecule has 5 heteroatoms. The number of hydrogen-bond donors (Lipinski definition) is 1. The molecule has 0 fully saturated rings. The lowest BCUT2D eigenvalue weighted by molar-refractivity contribution is -0.387. The molecule has 0 spiro atoms. The van der Waals surface area contributed by atoms with Gasteiger partial charge in [0.05, 0.1) is 9.82 Å². The lowest BCUT2D eigenvalue weighted by Gasteiger charge is -1.99. The molecule has 64 valence electrons. The third kappa shape index (κ3) is 1.78. The maximum Gasteiger partial charge on any atom is 0.282 e. The standard InChI is InChI=1S/C7H6BrNO2S/c1-4-2-6(9(10)11)7(12)3-5(4)8/h2-3,12H,1H3. The van der Waals surface area contributed by atoms with Gasteiger partial charge in [-0.15, -0.1) is 12.6 Å². The molecule has 0 amide bonds. The van der Waals surface area contributed by atoms with Gasteiger partial charge in [0.2, 0.25) is 0 Å². The molecule has 1 aromatic rings. The largest absolute Gasteiger partial charge is 0.282 e. The molecule has 0 bridgehead atoms. The van der Waals surface area contributed by atoms with Gasteiger partial charge in [0, 0.05) is 10.5 Å². The van der Waals surface area contributed by atoms with Gasteiger partial charge in [0.25, 0.3) is 5.69 Å². The highest BCUT2D eigenvalue weighted by Crippen LogP contribution is 2.28. The molecule has 0 heterocycles. The van der Waals surface area contributed by atoms with Crippen molar-refractivity contribution in [3.05, 3.63) is 32.3 Å². The maximum absolute atomic E-state index is 10.4. The van der Waals surface area contributed by atoms with Gasteiger partial charge in [0.15, 0.2) is 0 Å². The molecule has 0 N–H and O–H groups in total. The van der Waals surface area contributed by atoms with Gasteiger partial charge < -0.3 is 0 Å². The first-order valence-electron chi connectivity index (χ1n) is 3.16. The Morgan fingerprint density at radius 3 is 2.67 bits per heavy atom. The van der Waals surface area contributed by atoms with Crippen LogP contribution in [0.4, 0.5) is 5.69 Å². The minimum atomic E-state index is -0.443. The third-order valence-electron chi connectivity index (χ3n) is 1.45. The van der Waals surface area contributed by atoms with Gasteiger partial charge in [-0.2, -0.15) is 0 Å². The Kier molecular flexibility index (Phi) is 2.74. The van der Waals surface area contributed by atoms with E-state index >= 15 is 0 Å². The van der Waals surface area contributed by atoms with Crippen molar-refractivity contribution in [2.45, 2.75) is 11.8 Å². The highest BCUT2D eigenvalue weighted by Gasteiger charge is 2.12. The van der Waals surface area contributed by atoms with Gasteiger partial charge in [-0.1, -0.05) is 15.9 Å². The van der Waals surface area contributed by atoms with Crippen LogP contribution in [0.1, 0.15) is 5.56 Å². The number of rotatable bonds is 1. The third-order valence-corrected chi connectivity index (χ3v) is 2.67. The van der Waals surface area contributed by atoms with Crippen LogP contribution in [0, 0.1) is 17.0 Å².